The standard InChI is InChI=1S/C11H10FN3S/c1-13-11-14-6-5-10(15-11)16-9-4-2-3-8(12)7-9/h2-7H,1H3,(H,13,14,15). The van der Waals surface area contributed by atoms with Crippen molar-refractivity contribution in [2.24, 2.45) is 0 Å². The second-order valence-corrected chi connectivity index (χ2v) is 4.12. The quantitative estimate of drug-likeness (QED) is 0.830. The number of rotatable bonds is 3. The predicted molar refractivity (Wildman–Crippen MR) is 62.1 cm³/mol. The number of anilines is 1. The normalized spacial score (nSPS) is 10.1. The zero-order chi connectivity index (χ0) is 11.4. The summed E-state index contributed by atoms with van der Waals surface area (Å²) in [6, 6.07) is 8.21. The average Bonchev–Trinajstić information content (AvgIpc) is 2.29. The molecule has 0 fully saturated rings. The smallest absolute Gasteiger partial charge is 0.223 e. The van der Waals surface area contributed by atoms with Crippen LogP contribution in [0, 0.1) is 5.82 Å². The molecule has 0 aliphatic heterocycles. The summed E-state index contributed by atoms with van der Waals surface area (Å²) in [5.41, 5.74) is 0. The maximum atomic E-state index is 13.0. The Kier molecular flexibility index (Phi) is 3.36. The molecule has 0 saturated heterocycles. The van der Waals surface area contributed by atoms with E-state index in [2.05, 4.69) is 15.3 Å². The molecule has 0 saturated carbocycles. The zero-order valence-electron chi connectivity index (χ0n) is 8.64. The molecule has 0 atom stereocenters. The fourth-order valence-electron chi connectivity index (χ4n) is 1.17. The van der Waals surface area contributed by atoms with Crippen LogP contribution in [-0.4, -0.2) is 17.0 Å². The summed E-state index contributed by atoms with van der Waals surface area (Å²) in [7, 11) is 1.76. The fourth-order valence-corrected chi connectivity index (χ4v) is 1.99. The highest BCUT2D eigenvalue weighted by Crippen LogP contribution is 2.26. The minimum Gasteiger partial charge on any atom is -0.357 e. The van der Waals surface area contributed by atoms with E-state index in [4.69, 9.17) is 0 Å². The third-order valence-corrected chi connectivity index (χ3v) is 2.80. The number of nitrogens with zero attached hydrogens (tertiary/aromatic N) is 2. The van der Waals surface area contributed by atoms with Crippen LogP contribution in [0.15, 0.2) is 46.5 Å². The summed E-state index contributed by atoms with van der Waals surface area (Å²) in [4.78, 5) is 9.06. The number of hydrogen-bond acceptors (Lipinski definition) is 4. The van der Waals surface area contributed by atoms with E-state index in [0.29, 0.717) is 5.95 Å². The van der Waals surface area contributed by atoms with Crippen LogP contribution < -0.4 is 5.32 Å². The summed E-state index contributed by atoms with van der Waals surface area (Å²) in [5, 5.41) is 3.64. The maximum absolute atomic E-state index is 13.0. The van der Waals surface area contributed by atoms with Crippen molar-refractivity contribution in [3.05, 3.63) is 42.3 Å². The third kappa shape index (κ3) is 2.70. The van der Waals surface area contributed by atoms with Crippen LogP contribution in [0.5, 0.6) is 0 Å². The van der Waals surface area contributed by atoms with Crippen molar-refractivity contribution < 1.29 is 4.39 Å². The van der Waals surface area contributed by atoms with E-state index in [1.807, 2.05) is 6.07 Å². The second-order valence-electron chi connectivity index (χ2n) is 3.03. The average molecular weight is 235 g/mol. The van der Waals surface area contributed by atoms with Crippen LogP contribution >= 0.6 is 11.8 Å². The van der Waals surface area contributed by atoms with Crippen LogP contribution in [0.4, 0.5) is 10.3 Å². The van der Waals surface area contributed by atoms with Crippen molar-refractivity contribution in [3.63, 3.8) is 0 Å². The van der Waals surface area contributed by atoms with E-state index in [0.717, 1.165) is 9.92 Å². The number of benzene rings is 1. The molecule has 2 rings (SSSR count). The molecule has 1 N–H and O–H groups in total. The van der Waals surface area contributed by atoms with Gasteiger partial charge in [0.05, 0.1) is 0 Å². The molecule has 0 bridgehead atoms. The van der Waals surface area contributed by atoms with Gasteiger partial charge in [0.25, 0.3) is 0 Å². The Balaban J connectivity index is 2.20. The Labute approximate surface area is 97.1 Å². The van der Waals surface area contributed by atoms with Gasteiger partial charge in [-0.2, -0.15) is 0 Å². The third-order valence-electron chi connectivity index (χ3n) is 1.87. The first-order chi connectivity index (χ1) is 7.78. The molecule has 0 unspecified atom stereocenters. The van der Waals surface area contributed by atoms with Crippen molar-refractivity contribution in [2.75, 3.05) is 12.4 Å². The Bertz CT molecular complexity index is 490. The van der Waals surface area contributed by atoms with Crippen LogP contribution in [0.1, 0.15) is 0 Å². The van der Waals surface area contributed by atoms with Crippen molar-refractivity contribution in [2.45, 2.75) is 9.92 Å². The van der Waals surface area contributed by atoms with Crippen LogP contribution in [0.25, 0.3) is 0 Å². The second kappa shape index (κ2) is 4.94. The lowest BCUT2D eigenvalue weighted by atomic mass is 10.4. The molecular formula is C11H10FN3S. The minimum atomic E-state index is -0.243. The lowest BCUT2D eigenvalue weighted by Gasteiger charge is -2.02. The Morgan fingerprint density at radius 3 is 2.94 bits per heavy atom. The molecule has 0 aliphatic carbocycles. The molecule has 0 spiro atoms. The topological polar surface area (TPSA) is 37.8 Å². The zero-order valence-corrected chi connectivity index (χ0v) is 9.46. The number of nitrogens with one attached hydrogen (secondary N) is 1. The van der Waals surface area contributed by atoms with Crippen LogP contribution in [0.2, 0.25) is 0 Å². The molecule has 0 aliphatic rings. The van der Waals surface area contributed by atoms with Gasteiger partial charge in [-0.25, -0.2) is 14.4 Å². The van der Waals surface area contributed by atoms with E-state index in [1.54, 1.807) is 25.4 Å². The van der Waals surface area contributed by atoms with E-state index in [-0.39, 0.29) is 5.82 Å². The summed E-state index contributed by atoms with van der Waals surface area (Å²) >= 11 is 1.40. The van der Waals surface area contributed by atoms with E-state index >= 15 is 0 Å². The van der Waals surface area contributed by atoms with Gasteiger partial charge in [-0.1, -0.05) is 17.8 Å². The largest absolute Gasteiger partial charge is 0.357 e. The molecule has 1 aromatic heterocycles. The molecule has 16 heavy (non-hydrogen) atoms. The molecule has 1 aromatic carbocycles. The molecule has 2 aromatic rings. The monoisotopic (exact) mass is 235 g/mol. The SMILES string of the molecule is CNc1nccc(Sc2cccc(F)c2)n1. The van der Waals surface area contributed by atoms with E-state index < -0.39 is 0 Å². The first-order valence-electron chi connectivity index (χ1n) is 4.72. The molecule has 0 amide bonds. The fraction of sp³-hybridized carbons (Fsp3) is 0.0909. The summed E-state index contributed by atoms with van der Waals surface area (Å²) in [6.45, 7) is 0. The van der Waals surface area contributed by atoms with Crippen molar-refractivity contribution in [1.82, 2.24) is 9.97 Å². The lowest BCUT2D eigenvalue weighted by Crippen LogP contribution is -1.95. The molecular weight excluding hydrogens is 225 g/mol. The van der Waals surface area contributed by atoms with Gasteiger partial charge in [0.2, 0.25) is 5.95 Å². The van der Waals surface area contributed by atoms with Gasteiger partial charge in [0.15, 0.2) is 0 Å². The highest BCUT2D eigenvalue weighted by Gasteiger charge is 2.01. The Morgan fingerprint density at radius 1 is 1.31 bits per heavy atom. The van der Waals surface area contributed by atoms with E-state index in [9.17, 15) is 4.39 Å². The highest BCUT2D eigenvalue weighted by molar-refractivity contribution is 7.99. The first-order valence-corrected chi connectivity index (χ1v) is 5.54. The predicted octanol–water partition coefficient (Wildman–Crippen LogP) is 2.81. The van der Waals surface area contributed by atoms with Gasteiger partial charge < -0.3 is 5.32 Å². The van der Waals surface area contributed by atoms with Crippen LogP contribution in [0.3, 0.4) is 0 Å². The molecule has 1 heterocycles. The Morgan fingerprint density at radius 2 is 2.19 bits per heavy atom. The van der Waals surface area contributed by atoms with Gasteiger partial charge in [-0.3, -0.25) is 0 Å². The lowest BCUT2D eigenvalue weighted by molar-refractivity contribution is 0.624. The van der Waals surface area contributed by atoms with Gasteiger partial charge >= 0.3 is 0 Å². The summed E-state index contributed by atoms with van der Waals surface area (Å²) in [5.74, 6) is 0.314. The van der Waals surface area contributed by atoms with Crippen LogP contribution in [-0.2, 0) is 0 Å². The molecule has 82 valence electrons. The first kappa shape index (κ1) is 10.9. The summed E-state index contributed by atoms with van der Waals surface area (Å²) in [6.07, 6.45) is 1.67. The van der Waals surface area contributed by atoms with Gasteiger partial charge in [-0.05, 0) is 24.3 Å². The van der Waals surface area contributed by atoms with Gasteiger partial charge in [0, 0.05) is 18.1 Å². The molecule has 0 radical (unpaired) electrons. The molecule has 5 heteroatoms. The maximum Gasteiger partial charge on any atom is 0.223 e. The van der Waals surface area contributed by atoms with Gasteiger partial charge in [0.1, 0.15) is 10.8 Å². The number of hydrogen-bond donors (Lipinski definition) is 1. The van der Waals surface area contributed by atoms with E-state index in [1.165, 1.54) is 23.9 Å². The van der Waals surface area contributed by atoms with Crippen molar-refractivity contribution >= 4 is 17.7 Å². The minimum absolute atomic E-state index is 0.243. The van der Waals surface area contributed by atoms with Crippen molar-refractivity contribution in [3.8, 4) is 0 Å². The molecule has 3 nitrogen and oxygen atoms in total. The number of aromatic nitrogens is 2. The number of halogens is 1. The summed E-state index contributed by atoms with van der Waals surface area (Å²) < 4.78 is 13.0. The van der Waals surface area contributed by atoms with Gasteiger partial charge in [-0.15, -0.1) is 0 Å². The van der Waals surface area contributed by atoms with Crippen molar-refractivity contribution in [1.29, 1.82) is 0 Å². The Hall–Kier alpha value is -1.62. The highest BCUT2D eigenvalue weighted by atomic mass is 32.2.